The first-order valence-corrected chi connectivity index (χ1v) is 6.47. The molecule has 0 radical (unpaired) electrons. The van der Waals surface area contributed by atoms with Crippen LogP contribution >= 0.6 is 0 Å². The summed E-state index contributed by atoms with van der Waals surface area (Å²) in [6, 6.07) is -0.952. The van der Waals surface area contributed by atoms with Gasteiger partial charge in [-0.3, -0.25) is 0 Å². The van der Waals surface area contributed by atoms with E-state index in [-0.39, 0.29) is 12.3 Å². The van der Waals surface area contributed by atoms with Gasteiger partial charge in [-0.2, -0.15) is 0 Å². The Bertz CT molecular complexity index is 311. The smallest absolute Gasteiger partial charge is 0.328 e. The molecule has 0 aliphatic heterocycles. The normalized spacial score (nSPS) is 11.0. The molecule has 0 spiro atoms. The summed E-state index contributed by atoms with van der Waals surface area (Å²) in [5.41, 5.74) is 4.97. The largest absolute Gasteiger partial charge is 0.351 e. The second-order valence-corrected chi connectivity index (χ2v) is 5.19. The molecule has 0 fully saturated rings. The molecule has 0 aliphatic rings. The Labute approximate surface area is 91.0 Å². The van der Waals surface area contributed by atoms with Crippen LogP contribution in [0.4, 0.5) is 4.79 Å². The molecule has 0 aromatic rings. The van der Waals surface area contributed by atoms with Gasteiger partial charge in [0.1, 0.15) is 0 Å². The van der Waals surface area contributed by atoms with E-state index in [1.807, 2.05) is 6.92 Å². The van der Waals surface area contributed by atoms with Gasteiger partial charge in [-0.05, 0) is 6.42 Å². The summed E-state index contributed by atoms with van der Waals surface area (Å²) in [5, 5.41) is 0. The van der Waals surface area contributed by atoms with Gasteiger partial charge in [0.2, 0.25) is 10.0 Å². The highest BCUT2D eigenvalue weighted by molar-refractivity contribution is 7.89. The van der Waals surface area contributed by atoms with Gasteiger partial charge in [0, 0.05) is 0 Å². The van der Waals surface area contributed by atoms with Gasteiger partial charge in [0.15, 0.2) is 0 Å². The maximum Gasteiger partial charge on any atom is 0.328 e. The molecule has 0 unspecified atom stereocenters. The topological polar surface area (TPSA) is 80.5 Å². The maximum atomic E-state index is 11.6. The van der Waals surface area contributed by atoms with Crippen molar-refractivity contribution in [2.75, 3.05) is 12.3 Å². The first kappa shape index (κ1) is 14.0. The van der Waals surface area contributed by atoms with Crippen LogP contribution in [0.5, 0.6) is 0 Å². The summed E-state index contributed by atoms with van der Waals surface area (Å²) in [7, 11) is -3.57. The summed E-state index contributed by atoms with van der Waals surface area (Å²) >= 11 is 0. The van der Waals surface area contributed by atoms with Crippen molar-refractivity contribution in [2.45, 2.75) is 26.2 Å². The molecule has 0 heterocycles. The van der Waals surface area contributed by atoms with Crippen LogP contribution in [-0.4, -0.2) is 31.1 Å². The maximum absolute atomic E-state index is 11.6. The molecule has 0 atom stereocenters. The summed E-state index contributed by atoms with van der Waals surface area (Å²) in [6.45, 7) is 5.29. The number of hydrogen-bond acceptors (Lipinski definition) is 3. The van der Waals surface area contributed by atoms with Crippen molar-refractivity contribution in [3.8, 4) is 0 Å². The SMILES string of the molecule is C=CCN(C(N)=O)S(=O)(=O)CCCCC. The van der Waals surface area contributed by atoms with E-state index >= 15 is 0 Å². The van der Waals surface area contributed by atoms with E-state index in [2.05, 4.69) is 6.58 Å². The third kappa shape index (κ3) is 4.83. The van der Waals surface area contributed by atoms with Gasteiger partial charge in [-0.25, -0.2) is 17.5 Å². The van der Waals surface area contributed by atoms with Crippen LogP contribution in [0.2, 0.25) is 0 Å². The van der Waals surface area contributed by atoms with Crippen LogP contribution in [0, 0.1) is 0 Å². The van der Waals surface area contributed by atoms with E-state index in [1.165, 1.54) is 6.08 Å². The minimum Gasteiger partial charge on any atom is -0.351 e. The lowest BCUT2D eigenvalue weighted by Gasteiger charge is -2.18. The standard InChI is InChI=1S/C9H18N2O3S/c1-3-5-6-8-15(13,14)11(7-4-2)9(10)12/h4H,2-3,5-8H2,1H3,(H2,10,12). The number of carbonyl (C=O) groups is 1. The Morgan fingerprint density at radius 3 is 2.47 bits per heavy atom. The fourth-order valence-electron chi connectivity index (χ4n) is 1.10. The zero-order valence-electron chi connectivity index (χ0n) is 8.98. The number of nitrogens with zero attached hydrogens (tertiary/aromatic N) is 1. The molecule has 6 heteroatoms. The van der Waals surface area contributed by atoms with Gasteiger partial charge < -0.3 is 5.73 Å². The Hall–Kier alpha value is -1.04. The molecule has 0 aromatic carbocycles. The Morgan fingerprint density at radius 1 is 1.47 bits per heavy atom. The minimum atomic E-state index is -3.57. The molecule has 0 rings (SSSR count). The van der Waals surface area contributed by atoms with Crippen molar-refractivity contribution in [1.82, 2.24) is 4.31 Å². The van der Waals surface area contributed by atoms with E-state index < -0.39 is 16.1 Å². The van der Waals surface area contributed by atoms with E-state index in [9.17, 15) is 13.2 Å². The lowest BCUT2D eigenvalue weighted by Crippen LogP contribution is -2.41. The number of hydrogen-bond donors (Lipinski definition) is 1. The summed E-state index contributed by atoms with van der Waals surface area (Å²) in [6.07, 6.45) is 3.62. The van der Waals surface area contributed by atoms with Gasteiger partial charge >= 0.3 is 6.03 Å². The fourth-order valence-corrected chi connectivity index (χ4v) is 2.50. The lowest BCUT2D eigenvalue weighted by atomic mass is 10.3. The van der Waals surface area contributed by atoms with Crippen LogP contribution in [0.3, 0.4) is 0 Å². The van der Waals surface area contributed by atoms with Gasteiger partial charge in [0.05, 0.1) is 12.3 Å². The van der Waals surface area contributed by atoms with Gasteiger partial charge in [-0.1, -0.05) is 25.8 Å². The minimum absolute atomic E-state index is 0.0440. The van der Waals surface area contributed by atoms with Crippen LogP contribution in [0.1, 0.15) is 26.2 Å². The number of unbranched alkanes of at least 4 members (excludes halogenated alkanes) is 2. The summed E-state index contributed by atoms with van der Waals surface area (Å²) < 4.78 is 23.9. The molecule has 0 saturated heterocycles. The van der Waals surface area contributed by atoms with Gasteiger partial charge in [0.25, 0.3) is 0 Å². The van der Waals surface area contributed by atoms with Crippen molar-refractivity contribution in [3.63, 3.8) is 0 Å². The van der Waals surface area contributed by atoms with E-state index in [4.69, 9.17) is 5.73 Å². The van der Waals surface area contributed by atoms with Crippen molar-refractivity contribution >= 4 is 16.1 Å². The monoisotopic (exact) mass is 234 g/mol. The molecule has 2 amide bonds. The van der Waals surface area contributed by atoms with Crippen LogP contribution in [0.15, 0.2) is 12.7 Å². The van der Waals surface area contributed by atoms with E-state index in [0.29, 0.717) is 10.7 Å². The first-order valence-electron chi connectivity index (χ1n) is 4.86. The number of sulfonamides is 1. The Kier molecular flexibility index (Phi) is 6.00. The molecule has 0 aliphatic carbocycles. The third-order valence-corrected chi connectivity index (χ3v) is 3.69. The Balaban J connectivity index is 4.50. The third-order valence-electron chi connectivity index (χ3n) is 1.88. The number of amides is 2. The van der Waals surface area contributed by atoms with Crippen LogP contribution in [-0.2, 0) is 10.0 Å². The molecule has 0 bridgehead atoms. The van der Waals surface area contributed by atoms with Crippen molar-refractivity contribution < 1.29 is 13.2 Å². The number of urea groups is 1. The lowest BCUT2D eigenvalue weighted by molar-refractivity contribution is 0.234. The molecular formula is C9H18N2O3S. The summed E-state index contributed by atoms with van der Waals surface area (Å²) in [4.78, 5) is 10.9. The van der Waals surface area contributed by atoms with Gasteiger partial charge in [-0.15, -0.1) is 6.58 Å². The average molecular weight is 234 g/mol. The Morgan fingerprint density at radius 2 is 2.07 bits per heavy atom. The second-order valence-electron chi connectivity index (χ2n) is 3.18. The quantitative estimate of drug-likeness (QED) is 0.528. The zero-order chi connectivity index (χ0) is 11.9. The van der Waals surface area contributed by atoms with Crippen LogP contribution < -0.4 is 5.73 Å². The molecule has 88 valence electrons. The molecule has 0 saturated carbocycles. The molecule has 0 aromatic heterocycles. The predicted molar refractivity (Wildman–Crippen MR) is 59.8 cm³/mol. The van der Waals surface area contributed by atoms with Crippen molar-refractivity contribution in [2.24, 2.45) is 5.73 Å². The fraction of sp³-hybridized carbons (Fsp3) is 0.667. The van der Waals surface area contributed by atoms with Crippen LogP contribution in [0.25, 0.3) is 0 Å². The number of nitrogens with two attached hydrogens (primary N) is 1. The van der Waals surface area contributed by atoms with E-state index in [1.54, 1.807) is 0 Å². The van der Waals surface area contributed by atoms with Crippen molar-refractivity contribution in [3.05, 3.63) is 12.7 Å². The zero-order valence-corrected chi connectivity index (χ0v) is 9.79. The molecule has 15 heavy (non-hydrogen) atoms. The number of primary amides is 1. The highest BCUT2D eigenvalue weighted by Crippen LogP contribution is 2.06. The molecular weight excluding hydrogens is 216 g/mol. The average Bonchev–Trinajstić information content (AvgIpc) is 2.13. The number of carbonyl (C=O) groups excluding carboxylic acids is 1. The summed E-state index contributed by atoms with van der Waals surface area (Å²) in [5.74, 6) is -0.0440. The molecule has 2 N–H and O–H groups in total. The van der Waals surface area contributed by atoms with E-state index in [0.717, 1.165) is 12.8 Å². The predicted octanol–water partition coefficient (Wildman–Crippen LogP) is 1.07. The highest BCUT2D eigenvalue weighted by atomic mass is 32.2. The highest BCUT2D eigenvalue weighted by Gasteiger charge is 2.23. The molecule has 5 nitrogen and oxygen atoms in total. The second kappa shape index (κ2) is 6.44. The number of rotatable bonds is 7. The van der Waals surface area contributed by atoms with Crippen molar-refractivity contribution in [1.29, 1.82) is 0 Å². The first-order chi connectivity index (χ1) is 6.95.